The zero-order valence-corrected chi connectivity index (χ0v) is 8.88. The number of hydrogen-bond donors (Lipinski definition) is 0. The molecule has 0 amide bonds. The van der Waals surface area contributed by atoms with Crippen molar-refractivity contribution in [3.05, 3.63) is 36.0 Å². The average Bonchev–Trinajstić information content (AvgIpc) is 2.39. The maximum atomic E-state index is 11.7. The molecule has 0 bridgehead atoms. The van der Waals surface area contributed by atoms with Gasteiger partial charge < -0.3 is 0 Å². The van der Waals surface area contributed by atoms with Gasteiger partial charge in [-0.2, -0.15) is 0 Å². The highest BCUT2D eigenvalue weighted by Gasteiger charge is 2.09. The van der Waals surface area contributed by atoms with Crippen LogP contribution in [0, 0.1) is 0 Å². The van der Waals surface area contributed by atoms with Gasteiger partial charge in [-0.25, -0.2) is 0 Å². The topological polar surface area (TPSA) is 17.1 Å². The zero-order chi connectivity index (χ0) is 10.4. The maximum absolute atomic E-state index is 11.7. The van der Waals surface area contributed by atoms with E-state index in [9.17, 15) is 4.79 Å². The molecule has 14 heavy (non-hydrogen) atoms. The first-order valence-corrected chi connectivity index (χ1v) is 5.23. The first-order chi connectivity index (χ1) is 6.74. The molecule has 76 valence electrons. The minimum Gasteiger partial charge on any atom is -0.295 e. The van der Waals surface area contributed by atoms with Gasteiger partial charge in [0.05, 0.1) is 0 Å². The second-order valence-electron chi connectivity index (χ2n) is 3.77. The van der Waals surface area contributed by atoms with Crippen molar-refractivity contribution >= 4 is 5.78 Å². The van der Waals surface area contributed by atoms with E-state index in [4.69, 9.17) is 0 Å². The van der Waals surface area contributed by atoms with Crippen molar-refractivity contribution in [3.63, 3.8) is 0 Å². The van der Waals surface area contributed by atoms with Gasteiger partial charge in [-0.05, 0) is 38.2 Å². The smallest absolute Gasteiger partial charge is 0.159 e. The van der Waals surface area contributed by atoms with Crippen LogP contribution in [0.25, 0.3) is 0 Å². The van der Waals surface area contributed by atoms with E-state index in [-0.39, 0.29) is 5.78 Å². The zero-order valence-electron chi connectivity index (χ0n) is 8.88. The third kappa shape index (κ3) is 3.33. The van der Waals surface area contributed by atoms with Crippen molar-refractivity contribution in [2.24, 2.45) is 0 Å². The highest BCUT2D eigenvalue weighted by molar-refractivity contribution is 5.95. The van der Waals surface area contributed by atoms with E-state index in [0.717, 1.165) is 31.3 Å². The van der Waals surface area contributed by atoms with Crippen LogP contribution in [0.2, 0.25) is 0 Å². The van der Waals surface area contributed by atoms with Crippen LogP contribution in [-0.4, -0.2) is 5.78 Å². The Morgan fingerprint density at radius 3 is 3.07 bits per heavy atom. The third-order valence-corrected chi connectivity index (χ3v) is 2.53. The number of carbonyl (C=O) groups is 1. The second kappa shape index (κ2) is 5.58. The lowest BCUT2D eigenvalue weighted by Crippen LogP contribution is -2.00. The molecule has 0 radical (unpaired) electrons. The summed E-state index contributed by atoms with van der Waals surface area (Å²) in [5, 5.41) is 0. The van der Waals surface area contributed by atoms with Gasteiger partial charge in [0.2, 0.25) is 0 Å². The molecule has 0 saturated carbocycles. The number of ketones is 1. The standard InChI is InChI=1S/C13H18O/c1-3-4-8-13(14)12-7-5-6-11(2)9-10-12/h3,7,9H,1,4-6,8,10H2,2H3. The van der Waals surface area contributed by atoms with Crippen molar-refractivity contribution in [2.45, 2.75) is 39.0 Å². The first kappa shape index (κ1) is 11.0. The molecule has 1 heteroatoms. The molecule has 1 rings (SSSR count). The van der Waals surface area contributed by atoms with E-state index in [1.807, 2.05) is 0 Å². The van der Waals surface area contributed by atoms with E-state index in [0.29, 0.717) is 6.42 Å². The Morgan fingerprint density at radius 2 is 2.36 bits per heavy atom. The fourth-order valence-corrected chi connectivity index (χ4v) is 1.57. The molecule has 0 N–H and O–H groups in total. The van der Waals surface area contributed by atoms with Crippen LogP contribution >= 0.6 is 0 Å². The van der Waals surface area contributed by atoms with Crippen molar-refractivity contribution in [3.8, 4) is 0 Å². The number of rotatable bonds is 4. The predicted molar refractivity (Wildman–Crippen MR) is 60.1 cm³/mol. The second-order valence-corrected chi connectivity index (χ2v) is 3.77. The summed E-state index contributed by atoms with van der Waals surface area (Å²) < 4.78 is 0. The van der Waals surface area contributed by atoms with Crippen LogP contribution < -0.4 is 0 Å². The lowest BCUT2D eigenvalue weighted by molar-refractivity contribution is -0.115. The number of allylic oxidation sites excluding steroid dienone is 5. The molecular weight excluding hydrogens is 172 g/mol. The Morgan fingerprint density at radius 1 is 1.57 bits per heavy atom. The fourth-order valence-electron chi connectivity index (χ4n) is 1.57. The Hall–Kier alpha value is -1.11. The summed E-state index contributed by atoms with van der Waals surface area (Å²) in [6.45, 7) is 5.75. The van der Waals surface area contributed by atoms with Crippen molar-refractivity contribution in [1.82, 2.24) is 0 Å². The van der Waals surface area contributed by atoms with Gasteiger partial charge in [-0.3, -0.25) is 4.79 Å². The monoisotopic (exact) mass is 190 g/mol. The third-order valence-electron chi connectivity index (χ3n) is 2.53. The van der Waals surface area contributed by atoms with Crippen LogP contribution in [0.1, 0.15) is 39.0 Å². The summed E-state index contributed by atoms with van der Waals surface area (Å²) in [5.74, 6) is 0.288. The van der Waals surface area contributed by atoms with Crippen LogP contribution in [0.4, 0.5) is 0 Å². The van der Waals surface area contributed by atoms with Gasteiger partial charge >= 0.3 is 0 Å². The molecule has 0 fully saturated rings. The van der Waals surface area contributed by atoms with Crippen LogP contribution in [0.5, 0.6) is 0 Å². The normalized spacial score (nSPS) is 16.6. The van der Waals surface area contributed by atoms with Gasteiger partial charge in [0, 0.05) is 6.42 Å². The van der Waals surface area contributed by atoms with Gasteiger partial charge in [-0.15, -0.1) is 6.58 Å². The summed E-state index contributed by atoms with van der Waals surface area (Å²) in [6.07, 6.45) is 10.4. The summed E-state index contributed by atoms with van der Waals surface area (Å²) in [6, 6.07) is 0. The average molecular weight is 190 g/mol. The van der Waals surface area contributed by atoms with Gasteiger partial charge in [-0.1, -0.05) is 23.8 Å². The molecule has 0 aromatic heterocycles. The van der Waals surface area contributed by atoms with Crippen molar-refractivity contribution in [1.29, 1.82) is 0 Å². The minimum absolute atomic E-state index is 0.288. The summed E-state index contributed by atoms with van der Waals surface area (Å²) in [7, 11) is 0. The molecule has 1 nitrogen and oxygen atoms in total. The highest BCUT2D eigenvalue weighted by atomic mass is 16.1. The van der Waals surface area contributed by atoms with E-state index in [1.54, 1.807) is 6.08 Å². The Balaban J connectivity index is 2.54. The quantitative estimate of drug-likeness (QED) is 0.619. The van der Waals surface area contributed by atoms with E-state index in [1.165, 1.54) is 5.57 Å². The summed E-state index contributed by atoms with van der Waals surface area (Å²) in [4.78, 5) is 11.7. The molecule has 0 atom stereocenters. The Labute approximate surface area is 86.2 Å². The molecule has 0 aromatic rings. The van der Waals surface area contributed by atoms with Gasteiger partial charge in [0.25, 0.3) is 0 Å². The number of Topliss-reactive ketones (excluding diaryl/α,β-unsaturated/α-hetero) is 1. The van der Waals surface area contributed by atoms with E-state index < -0.39 is 0 Å². The lowest BCUT2D eigenvalue weighted by atomic mass is 10.0. The molecule has 1 aliphatic rings. The minimum atomic E-state index is 0.288. The van der Waals surface area contributed by atoms with Crippen LogP contribution in [-0.2, 0) is 4.79 Å². The molecular formula is C13H18O. The van der Waals surface area contributed by atoms with Crippen molar-refractivity contribution in [2.75, 3.05) is 0 Å². The summed E-state index contributed by atoms with van der Waals surface area (Å²) in [5.41, 5.74) is 2.39. The predicted octanol–water partition coefficient (Wildman–Crippen LogP) is 3.58. The fraction of sp³-hybridized carbons (Fsp3) is 0.462. The molecule has 0 aliphatic heterocycles. The Bertz CT molecular complexity index is 282. The van der Waals surface area contributed by atoms with Crippen LogP contribution in [0.3, 0.4) is 0 Å². The van der Waals surface area contributed by atoms with Gasteiger partial charge in [0.15, 0.2) is 5.78 Å². The lowest BCUT2D eigenvalue weighted by Gasteiger charge is -2.00. The molecule has 0 heterocycles. The SMILES string of the molecule is C=CCCC(=O)C1=CCCC(C)=CC1. The molecule has 0 unspecified atom stereocenters. The number of hydrogen-bond acceptors (Lipinski definition) is 1. The summed E-state index contributed by atoms with van der Waals surface area (Å²) >= 11 is 0. The first-order valence-electron chi connectivity index (χ1n) is 5.23. The van der Waals surface area contributed by atoms with E-state index >= 15 is 0 Å². The molecule has 0 spiro atoms. The Kier molecular flexibility index (Phi) is 4.37. The molecule has 0 aromatic carbocycles. The number of carbonyl (C=O) groups excluding carboxylic acids is 1. The van der Waals surface area contributed by atoms with Gasteiger partial charge in [0.1, 0.15) is 0 Å². The largest absolute Gasteiger partial charge is 0.295 e. The van der Waals surface area contributed by atoms with Crippen LogP contribution in [0.15, 0.2) is 36.0 Å². The maximum Gasteiger partial charge on any atom is 0.159 e. The van der Waals surface area contributed by atoms with Crippen molar-refractivity contribution < 1.29 is 4.79 Å². The van der Waals surface area contributed by atoms with E-state index in [2.05, 4.69) is 25.7 Å². The highest BCUT2D eigenvalue weighted by Crippen LogP contribution is 2.18. The molecule has 0 saturated heterocycles. The molecule has 1 aliphatic carbocycles.